The summed E-state index contributed by atoms with van der Waals surface area (Å²) in [5.41, 5.74) is 0. The molecule has 0 aromatic heterocycles. The highest BCUT2D eigenvalue weighted by molar-refractivity contribution is 7.93. The van der Waals surface area contributed by atoms with Crippen LogP contribution in [-0.4, -0.2) is 61.8 Å². The minimum absolute atomic E-state index is 0.699. The Morgan fingerprint density at radius 3 is 2.53 bits per heavy atom. The molecule has 2 rings (SSSR count). The average molecular weight is 230 g/mol. The Hall–Kier alpha value is -0.260. The second kappa shape index (κ2) is 5.18. The SMILES string of the molecule is CSOCCN1CC2CN(C=O)CC2C1. The van der Waals surface area contributed by atoms with Crippen molar-refractivity contribution in [1.29, 1.82) is 0 Å². The lowest BCUT2D eigenvalue weighted by atomic mass is 10.0. The van der Waals surface area contributed by atoms with E-state index < -0.39 is 0 Å². The van der Waals surface area contributed by atoms with Gasteiger partial charge in [0.2, 0.25) is 6.41 Å². The van der Waals surface area contributed by atoms with Gasteiger partial charge in [-0.2, -0.15) is 0 Å². The number of carbonyl (C=O) groups is 1. The van der Waals surface area contributed by atoms with Gasteiger partial charge in [-0.1, -0.05) is 0 Å². The molecule has 2 unspecified atom stereocenters. The number of fused-ring (bicyclic) bond motifs is 1. The van der Waals surface area contributed by atoms with Gasteiger partial charge in [0.05, 0.1) is 6.61 Å². The van der Waals surface area contributed by atoms with Crippen LogP contribution >= 0.6 is 12.0 Å². The van der Waals surface area contributed by atoms with Gasteiger partial charge in [-0.15, -0.1) is 0 Å². The van der Waals surface area contributed by atoms with E-state index in [1.54, 1.807) is 0 Å². The predicted octanol–water partition coefficient (Wildman–Crippen LogP) is 0.301. The summed E-state index contributed by atoms with van der Waals surface area (Å²) in [4.78, 5) is 15.0. The highest BCUT2D eigenvalue weighted by Crippen LogP contribution is 2.29. The van der Waals surface area contributed by atoms with Crippen LogP contribution in [-0.2, 0) is 8.98 Å². The lowest BCUT2D eigenvalue weighted by Gasteiger charge is -2.18. The van der Waals surface area contributed by atoms with Crippen LogP contribution in [0, 0.1) is 11.8 Å². The molecule has 4 nitrogen and oxygen atoms in total. The molecule has 15 heavy (non-hydrogen) atoms. The second-order valence-electron chi connectivity index (χ2n) is 4.33. The molecule has 2 saturated heterocycles. The number of hydrogen-bond donors (Lipinski definition) is 0. The van der Waals surface area contributed by atoms with Crippen molar-refractivity contribution in [2.75, 3.05) is 45.6 Å². The number of nitrogens with zero attached hydrogens (tertiary/aromatic N) is 2. The molecule has 0 bridgehead atoms. The first-order chi connectivity index (χ1) is 7.33. The fourth-order valence-corrected chi connectivity index (χ4v) is 2.89. The molecule has 86 valence electrons. The number of carbonyl (C=O) groups excluding carboxylic acids is 1. The van der Waals surface area contributed by atoms with Gasteiger partial charge in [0.25, 0.3) is 0 Å². The van der Waals surface area contributed by atoms with Crippen molar-refractivity contribution in [3.8, 4) is 0 Å². The van der Waals surface area contributed by atoms with E-state index in [1.165, 1.54) is 12.0 Å². The lowest BCUT2D eigenvalue weighted by Crippen LogP contribution is -2.30. The Kier molecular flexibility index (Phi) is 3.88. The first-order valence-corrected chi connectivity index (χ1v) is 6.55. The molecule has 0 aliphatic carbocycles. The molecule has 0 spiro atoms. The van der Waals surface area contributed by atoms with Crippen molar-refractivity contribution in [2.24, 2.45) is 11.8 Å². The molecule has 1 amide bonds. The lowest BCUT2D eigenvalue weighted by molar-refractivity contribution is -0.117. The summed E-state index contributed by atoms with van der Waals surface area (Å²) in [5, 5.41) is 0. The van der Waals surface area contributed by atoms with E-state index in [0.29, 0.717) is 11.8 Å². The maximum Gasteiger partial charge on any atom is 0.209 e. The molecule has 2 fully saturated rings. The monoisotopic (exact) mass is 230 g/mol. The third-order valence-corrected chi connectivity index (χ3v) is 3.75. The second-order valence-corrected chi connectivity index (χ2v) is 4.90. The summed E-state index contributed by atoms with van der Waals surface area (Å²) >= 11 is 1.43. The third-order valence-electron chi connectivity index (χ3n) is 3.35. The summed E-state index contributed by atoms with van der Waals surface area (Å²) in [5.74, 6) is 1.40. The van der Waals surface area contributed by atoms with E-state index in [4.69, 9.17) is 4.18 Å². The van der Waals surface area contributed by atoms with Gasteiger partial charge in [-0.3, -0.25) is 4.79 Å². The van der Waals surface area contributed by atoms with Crippen molar-refractivity contribution < 1.29 is 8.98 Å². The maximum absolute atomic E-state index is 10.6. The van der Waals surface area contributed by atoms with Crippen LogP contribution in [0.3, 0.4) is 0 Å². The van der Waals surface area contributed by atoms with Crippen LogP contribution in [0.1, 0.15) is 0 Å². The first-order valence-electron chi connectivity index (χ1n) is 5.40. The molecular formula is C10H18N2O2S. The van der Waals surface area contributed by atoms with Crippen LogP contribution in [0.25, 0.3) is 0 Å². The molecule has 2 heterocycles. The Balaban J connectivity index is 1.71. The van der Waals surface area contributed by atoms with Gasteiger partial charge in [0.1, 0.15) is 0 Å². The van der Waals surface area contributed by atoms with Gasteiger partial charge in [-0.05, 0) is 23.9 Å². The molecule has 0 N–H and O–H groups in total. The highest BCUT2D eigenvalue weighted by atomic mass is 32.2. The topological polar surface area (TPSA) is 32.8 Å². The van der Waals surface area contributed by atoms with Gasteiger partial charge < -0.3 is 14.0 Å². The highest BCUT2D eigenvalue weighted by Gasteiger charge is 2.39. The molecule has 2 atom stereocenters. The summed E-state index contributed by atoms with van der Waals surface area (Å²) in [7, 11) is 0. The van der Waals surface area contributed by atoms with E-state index in [0.717, 1.165) is 45.7 Å². The fourth-order valence-electron chi connectivity index (χ4n) is 2.64. The fraction of sp³-hybridized carbons (Fsp3) is 0.900. The van der Waals surface area contributed by atoms with E-state index in [-0.39, 0.29) is 0 Å². The Morgan fingerprint density at radius 2 is 2.00 bits per heavy atom. The minimum atomic E-state index is 0.699. The van der Waals surface area contributed by atoms with Crippen molar-refractivity contribution in [3.63, 3.8) is 0 Å². The van der Waals surface area contributed by atoms with Crippen molar-refractivity contribution in [3.05, 3.63) is 0 Å². The van der Waals surface area contributed by atoms with Crippen LogP contribution in [0.5, 0.6) is 0 Å². The summed E-state index contributed by atoms with van der Waals surface area (Å²) in [6.07, 6.45) is 2.93. The van der Waals surface area contributed by atoms with Crippen molar-refractivity contribution in [1.82, 2.24) is 9.80 Å². The minimum Gasteiger partial charge on any atom is -0.345 e. The molecule has 0 aromatic rings. The molecule has 2 aliphatic rings. The zero-order valence-corrected chi connectivity index (χ0v) is 9.91. The van der Waals surface area contributed by atoms with Crippen molar-refractivity contribution >= 4 is 18.5 Å². The van der Waals surface area contributed by atoms with Crippen LogP contribution in [0.2, 0.25) is 0 Å². The van der Waals surface area contributed by atoms with Crippen LogP contribution in [0.15, 0.2) is 0 Å². The van der Waals surface area contributed by atoms with Crippen molar-refractivity contribution in [2.45, 2.75) is 0 Å². The van der Waals surface area contributed by atoms with Crippen LogP contribution in [0.4, 0.5) is 0 Å². The van der Waals surface area contributed by atoms with Crippen LogP contribution < -0.4 is 0 Å². The van der Waals surface area contributed by atoms with Gasteiger partial charge >= 0.3 is 0 Å². The molecule has 0 radical (unpaired) electrons. The smallest absolute Gasteiger partial charge is 0.209 e. The standard InChI is InChI=1S/C10H18N2O2S/c1-15-14-3-2-11-4-9-6-12(8-13)7-10(9)5-11/h8-10H,2-7H2,1H3. The molecule has 0 saturated carbocycles. The number of likely N-dealkylation sites (tertiary alicyclic amines) is 2. The first kappa shape index (κ1) is 11.2. The summed E-state index contributed by atoms with van der Waals surface area (Å²) in [6.45, 7) is 5.99. The van der Waals surface area contributed by atoms with Gasteiger partial charge in [0.15, 0.2) is 0 Å². The Morgan fingerprint density at radius 1 is 1.33 bits per heavy atom. The Labute approximate surface area is 95.1 Å². The molecular weight excluding hydrogens is 212 g/mol. The predicted molar refractivity (Wildman–Crippen MR) is 60.5 cm³/mol. The van der Waals surface area contributed by atoms with Gasteiger partial charge in [-0.25, -0.2) is 0 Å². The quantitative estimate of drug-likeness (QED) is 0.386. The summed E-state index contributed by atoms with van der Waals surface area (Å²) in [6, 6.07) is 0. The van der Waals surface area contributed by atoms with E-state index in [9.17, 15) is 4.79 Å². The maximum atomic E-state index is 10.6. The van der Waals surface area contributed by atoms with E-state index in [2.05, 4.69) is 4.90 Å². The molecule has 5 heteroatoms. The zero-order valence-electron chi connectivity index (χ0n) is 9.09. The number of rotatable bonds is 5. The number of hydrogen-bond acceptors (Lipinski definition) is 4. The Bertz CT molecular complexity index is 213. The normalized spacial score (nSPS) is 30.9. The number of amides is 1. The largest absolute Gasteiger partial charge is 0.345 e. The van der Waals surface area contributed by atoms with Gasteiger partial charge in [0, 0.05) is 39.0 Å². The van der Waals surface area contributed by atoms with E-state index in [1.807, 2.05) is 11.2 Å². The zero-order chi connectivity index (χ0) is 10.7. The average Bonchev–Trinajstić information content (AvgIpc) is 2.75. The molecule has 0 aromatic carbocycles. The molecule has 2 aliphatic heterocycles. The van der Waals surface area contributed by atoms with E-state index >= 15 is 0 Å². The summed E-state index contributed by atoms with van der Waals surface area (Å²) < 4.78 is 5.27. The third kappa shape index (κ3) is 2.65.